The molecule has 1 fully saturated rings. The third-order valence-electron chi connectivity index (χ3n) is 4.79. The van der Waals surface area contributed by atoms with Crippen LogP contribution in [0.3, 0.4) is 0 Å². The number of anilines is 2. The Morgan fingerprint density at radius 2 is 2.00 bits per heavy atom. The number of hydrogen-bond acceptors (Lipinski definition) is 7. The first-order valence-electron chi connectivity index (χ1n) is 9.58. The van der Waals surface area contributed by atoms with Gasteiger partial charge in [0, 0.05) is 24.2 Å². The van der Waals surface area contributed by atoms with E-state index in [-0.39, 0.29) is 19.7 Å². The van der Waals surface area contributed by atoms with Crippen LogP contribution in [0.4, 0.5) is 24.1 Å². The van der Waals surface area contributed by atoms with Crippen molar-refractivity contribution in [3.63, 3.8) is 0 Å². The predicted molar refractivity (Wildman–Crippen MR) is 113 cm³/mol. The maximum Gasteiger partial charge on any atom is 0.416 e. The topological polar surface area (TPSA) is 84.4 Å². The highest BCUT2D eigenvalue weighted by Crippen LogP contribution is 2.32. The van der Waals surface area contributed by atoms with Crippen molar-refractivity contribution in [1.29, 1.82) is 0 Å². The normalized spacial score (nSPS) is 17.9. The van der Waals surface area contributed by atoms with Crippen molar-refractivity contribution in [2.24, 2.45) is 0 Å². The molecule has 12 heteroatoms. The third kappa shape index (κ3) is 4.93. The Balaban J connectivity index is 1.54. The van der Waals surface area contributed by atoms with Crippen molar-refractivity contribution in [3.05, 3.63) is 64.8 Å². The highest BCUT2D eigenvalue weighted by molar-refractivity contribution is 7.89. The summed E-state index contributed by atoms with van der Waals surface area (Å²) in [6, 6.07) is 8.96. The molecule has 1 aliphatic heterocycles. The second kappa shape index (κ2) is 8.77. The van der Waals surface area contributed by atoms with Crippen LogP contribution in [0.15, 0.2) is 53.6 Å². The lowest BCUT2D eigenvalue weighted by molar-refractivity contribution is -0.137. The van der Waals surface area contributed by atoms with Crippen molar-refractivity contribution < 1.29 is 26.3 Å². The maximum atomic E-state index is 13.0. The highest BCUT2D eigenvalue weighted by atomic mass is 32.2. The zero-order chi connectivity index (χ0) is 22.9. The summed E-state index contributed by atoms with van der Waals surface area (Å²) in [7, 11) is -4.14. The van der Waals surface area contributed by atoms with Gasteiger partial charge < -0.3 is 10.1 Å². The quantitative estimate of drug-likeness (QED) is 0.579. The smallest absolute Gasteiger partial charge is 0.369 e. The molecule has 0 bridgehead atoms. The zero-order valence-electron chi connectivity index (χ0n) is 16.8. The van der Waals surface area contributed by atoms with E-state index in [2.05, 4.69) is 15.3 Å². The number of rotatable bonds is 5. The Morgan fingerprint density at radius 3 is 2.72 bits per heavy atom. The van der Waals surface area contributed by atoms with E-state index in [0.717, 1.165) is 27.4 Å². The molecule has 1 atom stereocenters. The fraction of sp³-hybridized carbons (Fsp3) is 0.300. The molecule has 0 amide bonds. The molecule has 0 aliphatic carbocycles. The lowest BCUT2D eigenvalue weighted by Gasteiger charge is -2.32. The van der Waals surface area contributed by atoms with Crippen LogP contribution in [-0.2, 0) is 20.9 Å². The number of thiazole rings is 1. The Hall–Kier alpha value is -2.54. The molecule has 170 valence electrons. The van der Waals surface area contributed by atoms with Gasteiger partial charge in [-0.3, -0.25) is 0 Å². The van der Waals surface area contributed by atoms with Gasteiger partial charge in [0.05, 0.1) is 22.8 Å². The summed E-state index contributed by atoms with van der Waals surface area (Å²) < 4.78 is 72.0. The number of sulfonamides is 1. The van der Waals surface area contributed by atoms with Gasteiger partial charge in [-0.25, -0.2) is 18.4 Å². The van der Waals surface area contributed by atoms with Crippen molar-refractivity contribution in [3.8, 4) is 0 Å². The lowest BCUT2D eigenvalue weighted by atomic mass is 10.2. The number of aromatic nitrogens is 2. The zero-order valence-corrected chi connectivity index (χ0v) is 18.5. The molecule has 0 saturated carbocycles. The standard InChI is InChI=1S/C20H19F3N4O3S2/c1-13-11-24-19(31-13)26-18-7-3-6-16(25-18)17-12-27(8-9-30-17)32(28,29)15-5-2-4-14(10-15)20(21,22)23/h2-7,10-11,17H,8-9,12H2,1H3,(H,24,25,26). The first-order chi connectivity index (χ1) is 15.1. The van der Waals surface area contributed by atoms with Gasteiger partial charge in [-0.05, 0) is 37.3 Å². The third-order valence-corrected chi connectivity index (χ3v) is 7.47. The molecular formula is C20H19F3N4O3S2. The molecule has 32 heavy (non-hydrogen) atoms. The number of hydrogen-bond donors (Lipinski definition) is 1. The maximum absolute atomic E-state index is 13.0. The van der Waals surface area contributed by atoms with Gasteiger partial charge in [0.25, 0.3) is 0 Å². The molecule has 3 aromatic rings. The predicted octanol–water partition coefficient (Wildman–Crippen LogP) is 4.37. The molecule has 7 nitrogen and oxygen atoms in total. The molecule has 1 unspecified atom stereocenters. The Morgan fingerprint density at radius 1 is 1.22 bits per heavy atom. The summed E-state index contributed by atoms with van der Waals surface area (Å²) >= 11 is 1.47. The van der Waals surface area contributed by atoms with E-state index in [9.17, 15) is 21.6 Å². The van der Waals surface area contributed by atoms with Crippen LogP contribution in [0.5, 0.6) is 0 Å². The molecule has 0 spiro atoms. The van der Waals surface area contributed by atoms with Gasteiger partial charge in [0.1, 0.15) is 11.9 Å². The molecule has 1 aliphatic rings. The van der Waals surface area contributed by atoms with Crippen LogP contribution >= 0.6 is 11.3 Å². The molecule has 0 radical (unpaired) electrons. The summed E-state index contributed by atoms with van der Waals surface area (Å²) in [5.41, 5.74) is -0.506. The molecular weight excluding hydrogens is 465 g/mol. The van der Waals surface area contributed by atoms with Gasteiger partial charge >= 0.3 is 6.18 Å². The summed E-state index contributed by atoms with van der Waals surface area (Å²) in [6.07, 6.45) is -3.56. The summed E-state index contributed by atoms with van der Waals surface area (Å²) in [5.74, 6) is 0.526. The average Bonchev–Trinajstić information content (AvgIpc) is 3.18. The van der Waals surface area contributed by atoms with Crippen molar-refractivity contribution in [1.82, 2.24) is 14.3 Å². The van der Waals surface area contributed by atoms with Gasteiger partial charge in [-0.15, -0.1) is 11.3 Å². The van der Waals surface area contributed by atoms with Crippen LogP contribution in [0.1, 0.15) is 22.2 Å². The van der Waals surface area contributed by atoms with Gasteiger partial charge in [-0.2, -0.15) is 17.5 Å². The Labute approximate surface area is 186 Å². The largest absolute Gasteiger partial charge is 0.416 e. The lowest BCUT2D eigenvalue weighted by Crippen LogP contribution is -2.42. The van der Waals surface area contributed by atoms with Crippen molar-refractivity contribution >= 4 is 32.3 Å². The van der Waals surface area contributed by atoms with E-state index in [4.69, 9.17) is 4.74 Å². The summed E-state index contributed by atoms with van der Waals surface area (Å²) in [4.78, 5) is 9.35. The average molecular weight is 485 g/mol. The number of nitrogens with zero attached hydrogens (tertiary/aromatic N) is 3. The number of morpholine rings is 1. The number of aryl methyl sites for hydroxylation is 1. The first-order valence-corrected chi connectivity index (χ1v) is 11.8. The van der Waals surface area contributed by atoms with E-state index >= 15 is 0 Å². The van der Waals surface area contributed by atoms with Crippen molar-refractivity contribution in [2.45, 2.75) is 24.1 Å². The number of nitrogens with one attached hydrogen (secondary N) is 1. The number of pyridine rings is 1. The molecule has 1 aromatic carbocycles. The van der Waals surface area contributed by atoms with E-state index < -0.39 is 32.8 Å². The number of halogens is 3. The van der Waals surface area contributed by atoms with Crippen molar-refractivity contribution in [2.75, 3.05) is 25.0 Å². The van der Waals surface area contributed by atoms with Crippen LogP contribution in [-0.4, -0.2) is 42.4 Å². The Bertz CT molecular complexity index is 1210. The summed E-state index contributed by atoms with van der Waals surface area (Å²) in [5, 5.41) is 3.77. The minimum Gasteiger partial charge on any atom is -0.369 e. The second-order valence-corrected chi connectivity index (χ2v) is 10.3. The van der Waals surface area contributed by atoms with E-state index in [1.807, 2.05) is 6.92 Å². The van der Waals surface area contributed by atoms with Gasteiger partial charge in [0.15, 0.2) is 5.13 Å². The number of benzene rings is 1. The van der Waals surface area contributed by atoms with E-state index in [1.165, 1.54) is 11.3 Å². The SMILES string of the molecule is Cc1cnc(Nc2cccc(C3CN(S(=O)(=O)c4cccc(C(F)(F)F)c4)CCO3)n2)s1. The van der Waals surface area contributed by atoms with Crippen LogP contribution in [0.25, 0.3) is 0 Å². The van der Waals surface area contributed by atoms with Crippen LogP contribution in [0, 0.1) is 6.92 Å². The summed E-state index contributed by atoms with van der Waals surface area (Å²) in [6.45, 7) is 1.99. The Kier molecular flexibility index (Phi) is 6.21. The molecule has 3 heterocycles. The number of alkyl halides is 3. The monoisotopic (exact) mass is 484 g/mol. The van der Waals surface area contributed by atoms with Crippen LogP contribution in [0.2, 0.25) is 0 Å². The fourth-order valence-corrected chi connectivity index (χ4v) is 5.37. The van der Waals surface area contributed by atoms with E-state index in [0.29, 0.717) is 22.7 Å². The van der Waals surface area contributed by atoms with Gasteiger partial charge in [-0.1, -0.05) is 12.1 Å². The second-order valence-electron chi connectivity index (χ2n) is 7.10. The molecule has 4 rings (SSSR count). The first kappa shape index (κ1) is 22.6. The van der Waals surface area contributed by atoms with E-state index in [1.54, 1.807) is 24.4 Å². The minimum absolute atomic E-state index is 0.0331. The molecule has 1 saturated heterocycles. The van der Waals surface area contributed by atoms with Gasteiger partial charge in [0.2, 0.25) is 10.0 Å². The number of ether oxygens (including phenoxy) is 1. The molecule has 1 N–H and O–H groups in total. The fourth-order valence-electron chi connectivity index (χ4n) is 3.23. The molecule has 2 aromatic heterocycles. The highest BCUT2D eigenvalue weighted by Gasteiger charge is 2.35. The van der Waals surface area contributed by atoms with Crippen LogP contribution < -0.4 is 5.32 Å². The minimum atomic E-state index is -4.63.